The Morgan fingerprint density at radius 2 is 2.04 bits per heavy atom. The highest BCUT2D eigenvalue weighted by Gasteiger charge is 2.33. The van der Waals surface area contributed by atoms with Gasteiger partial charge in [-0.3, -0.25) is 14.5 Å². The van der Waals surface area contributed by atoms with E-state index in [1.54, 1.807) is 0 Å². The summed E-state index contributed by atoms with van der Waals surface area (Å²) < 4.78 is 5.38. The maximum atomic E-state index is 12.8. The largest absolute Gasteiger partial charge is 0.381 e. The molecule has 2 saturated heterocycles. The monoisotopic (exact) mass is 371 g/mol. The van der Waals surface area contributed by atoms with E-state index in [1.165, 1.54) is 0 Å². The van der Waals surface area contributed by atoms with Crippen LogP contribution in [-0.2, 0) is 14.3 Å². The zero-order valence-corrected chi connectivity index (χ0v) is 16.0. The van der Waals surface area contributed by atoms with Gasteiger partial charge in [-0.05, 0) is 18.4 Å². The van der Waals surface area contributed by atoms with Crippen molar-refractivity contribution in [1.82, 2.24) is 15.1 Å². The second-order valence-electron chi connectivity index (χ2n) is 7.17. The molecule has 2 aliphatic heterocycles. The van der Waals surface area contributed by atoms with Gasteiger partial charge in [0.2, 0.25) is 11.8 Å². The van der Waals surface area contributed by atoms with Crippen molar-refractivity contribution in [3.8, 4) is 0 Å². The minimum absolute atomic E-state index is 0.0287. The zero-order valence-electron chi connectivity index (χ0n) is 16.0. The first-order valence-corrected chi connectivity index (χ1v) is 9.72. The number of carbonyl (C=O) groups is 2. The zero-order chi connectivity index (χ0) is 19.1. The first-order valence-electron chi connectivity index (χ1n) is 9.72. The molecule has 1 aromatic rings. The second-order valence-corrected chi connectivity index (χ2v) is 7.17. The fourth-order valence-corrected chi connectivity index (χ4v) is 3.68. The van der Waals surface area contributed by atoms with Crippen molar-refractivity contribution >= 4 is 17.9 Å². The normalized spacial score (nSPS) is 22.0. The van der Waals surface area contributed by atoms with Crippen molar-refractivity contribution in [2.45, 2.75) is 31.3 Å². The van der Waals surface area contributed by atoms with E-state index >= 15 is 0 Å². The van der Waals surface area contributed by atoms with Gasteiger partial charge in [0.25, 0.3) is 0 Å². The first kappa shape index (κ1) is 19.6. The summed E-state index contributed by atoms with van der Waals surface area (Å²) in [5, 5.41) is 2.90. The summed E-state index contributed by atoms with van der Waals surface area (Å²) >= 11 is 0. The Labute approximate surface area is 161 Å². The lowest BCUT2D eigenvalue weighted by Crippen LogP contribution is -2.57. The molecule has 3 rings (SSSR count). The number of ether oxygens (including phenoxy) is 1. The molecule has 1 unspecified atom stereocenters. The standard InChI is InChI=1S/C21H29N3O3/c1-23(18-9-14-27-15-10-18)20(25)16-19-21(26)22-11-13-24(19)12-5-8-17-6-3-2-4-7-17/h2-8,18-19H,9-16H2,1H3,(H,22,26). The molecule has 27 heavy (non-hydrogen) atoms. The number of nitrogens with one attached hydrogen (secondary N) is 1. The molecule has 2 aliphatic rings. The van der Waals surface area contributed by atoms with Crippen molar-refractivity contribution in [1.29, 1.82) is 0 Å². The molecule has 0 saturated carbocycles. The summed E-state index contributed by atoms with van der Waals surface area (Å²) in [5.74, 6) is -0.0240. The Balaban J connectivity index is 1.59. The van der Waals surface area contributed by atoms with E-state index in [-0.39, 0.29) is 24.3 Å². The number of nitrogens with zero attached hydrogens (tertiary/aromatic N) is 2. The van der Waals surface area contributed by atoms with E-state index in [0.29, 0.717) is 26.3 Å². The minimum atomic E-state index is -0.408. The van der Waals surface area contributed by atoms with Crippen molar-refractivity contribution < 1.29 is 14.3 Å². The molecule has 2 amide bonds. The number of hydrogen-bond acceptors (Lipinski definition) is 4. The molecular formula is C21H29N3O3. The number of amides is 2. The van der Waals surface area contributed by atoms with E-state index in [2.05, 4.69) is 22.4 Å². The van der Waals surface area contributed by atoms with E-state index in [1.807, 2.05) is 42.3 Å². The van der Waals surface area contributed by atoms with Gasteiger partial charge in [-0.25, -0.2) is 0 Å². The Bertz CT molecular complexity index is 656. The Hall–Kier alpha value is -2.18. The molecule has 0 spiro atoms. The molecule has 1 aromatic carbocycles. The first-order chi connectivity index (χ1) is 13.1. The molecule has 0 aromatic heterocycles. The molecule has 0 aliphatic carbocycles. The third kappa shape index (κ3) is 5.40. The Morgan fingerprint density at radius 1 is 1.30 bits per heavy atom. The third-order valence-corrected chi connectivity index (χ3v) is 5.39. The predicted molar refractivity (Wildman–Crippen MR) is 105 cm³/mol. The topological polar surface area (TPSA) is 61.9 Å². The van der Waals surface area contributed by atoms with Gasteiger partial charge in [-0.2, -0.15) is 0 Å². The van der Waals surface area contributed by atoms with Crippen molar-refractivity contribution in [2.75, 3.05) is 39.9 Å². The van der Waals surface area contributed by atoms with Crippen LogP contribution in [0.15, 0.2) is 36.4 Å². The smallest absolute Gasteiger partial charge is 0.237 e. The maximum Gasteiger partial charge on any atom is 0.237 e. The summed E-state index contributed by atoms with van der Waals surface area (Å²) in [7, 11) is 1.85. The van der Waals surface area contributed by atoms with Crippen LogP contribution < -0.4 is 5.32 Å². The maximum absolute atomic E-state index is 12.8. The summed E-state index contributed by atoms with van der Waals surface area (Å²) in [6.45, 7) is 3.43. The number of hydrogen-bond donors (Lipinski definition) is 1. The van der Waals surface area contributed by atoms with Gasteiger partial charge < -0.3 is 15.0 Å². The molecule has 1 atom stereocenters. The summed E-state index contributed by atoms with van der Waals surface area (Å²) in [6.07, 6.45) is 6.07. The molecule has 6 heteroatoms. The predicted octanol–water partition coefficient (Wildman–Crippen LogP) is 1.53. The fraction of sp³-hybridized carbons (Fsp3) is 0.524. The minimum Gasteiger partial charge on any atom is -0.381 e. The summed E-state index contributed by atoms with van der Waals surface area (Å²) in [6, 6.07) is 9.89. The van der Waals surface area contributed by atoms with Crippen LogP contribution in [0.25, 0.3) is 6.08 Å². The van der Waals surface area contributed by atoms with Crippen molar-refractivity contribution in [2.24, 2.45) is 0 Å². The lowest BCUT2D eigenvalue weighted by Gasteiger charge is -2.36. The van der Waals surface area contributed by atoms with Crippen LogP contribution in [0.4, 0.5) is 0 Å². The molecule has 146 valence electrons. The summed E-state index contributed by atoms with van der Waals surface area (Å²) in [4.78, 5) is 29.1. The molecule has 0 radical (unpaired) electrons. The van der Waals surface area contributed by atoms with Gasteiger partial charge in [0.05, 0.1) is 12.5 Å². The lowest BCUT2D eigenvalue weighted by molar-refractivity contribution is -0.140. The quantitative estimate of drug-likeness (QED) is 0.824. The third-order valence-electron chi connectivity index (χ3n) is 5.39. The highest BCUT2D eigenvalue weighted by Crippen LogP contribution is 2.17. The Kier molecular flexibility index (Phi) is 7.01. The van der Waals surface area contributed by atoms with Crippen LogP contribution in [0.2, 0.25) is 0 Å². The highest BCUT2D eigenvalue weighted by molar-refractivity contribution is 5.89. The van der Waals surface area contributed by atoms with Crippen LogP contribution in [0.1, 0.15) is 24.8 Å². The van der Waals surface area contributed by atoms with E-state index in [0.717, 1.165) is 24.9 Å². The Morgan fingerprint density at radius 3 is 2.78 bits per heavy atom. The van der Waals surface area contributed by atoms with Gasteiger partial charge in [0, 0.05) is 45.9 Å². The van der Waals surface area contributed by atoms with Crippen molar-refractivity contribution in [3.05, 3.63) is 42.0 Å². The van der Waals surface area contributed by atoms with E-state index in [9.17, 15) is 9.59 Å². The average molecular weight is 371 g/mol. The lowest BCUT2D eigenvalue weighted by atomic mass is 10.0. The molecule has 2 heterocycles. The van der Waals surface area contributed by atoms with E-state index in [4.69, 9.17) is 4.74 Å². The average Bonchev–Trinajstić information content (AvgIpc) is 2.71. The number of benzene rings is 1. The highest BCUT2D eigenvalue weighted by atomic mass is 16.5. The summed E-state index contributed by atoms with van der Waals surface area (Å²) in [5.41, 5.74) is 1.13. The number of piperazine rings is 1. The van der Waals surface area contributed by atoms with Gasteiger partial charge in [-0.15, -0.1) is 0 Å². The van der Waals surface area contributed by atoms with Gasteiger partial charge in [-0.1, -0.05) is 42.5 Å². The van der Waals surface area contributed by atoms with Gasteiger partial charge in [0.15, 0.2) is 0 Å². The second kappa shape index (κ2) is 9.67. The molecule has 1 N–H and O–H groups in total. The molecule has 2 fully saturated rings. The fourth-order valence-electron chi connectivity index (χ4n) is 3.68. The number of carbonyl (C=O) groups excluding carboxylic acids is 2. The van der Waals surface area contributed by atoms with Crippen LogP contribution in [0.5, 0.6) is 0 Å². The van der Waals surface area contributed by atoms with Crippen LogP contribution in [-0.4, -0.2) is 73.6 Å². The van der Waals surface area contributed by atoms with Crippen LogP contribution in [0, 0.1) is 0 Å². The van der Waals surface area contributed by atoms with E-state index < -0.39 is 6.04 Å². The molecule has 0 bridgehead atoms. The van der Waals surface area contributed by atoms with Crippen molar-refractivity contribution in [3.63, 3.8) is 0 Å². The SMILES string of the molecule is CN(C(=O)CC1C(=O)NCCN1CC=Cc1ccccc1)C1CCOCC1. The van der Waals surface area contributed by atoms with Crippen LogP contribution >= 0.6 is 0 Å². The van der Waals surface area contributed by atoms with Gasteiger partial charge in [0.1, 0.15) is 0 Å². The molecule has 6 nitrogen and oxygen atoms in total. The van der Waals surface area contributed by atoms with Crippen LogP contribution in [0.3, 0.4) is 0 Å². The van der Waals surface area contributed by atoms with Gasteiger partial charge >= 0.3 is 0 Å². The number of rotatable bonds is 6. The molecular weight excluding hydrogens is 342 g/mol.